The van der Waals surface area contributed by atoms with Gasteiger partial charge in [0.15, 0.2) is 5.69 Å². The van der Waals surface area contributed by atoms with Crippen molar-refractivity contribution in [2.45, 2.75) is 13.3 Å². The molecule has 0 saturated heterocycles. The number of halogens is 2. The molecule has 2 aromatic heterocycles. The molecule has 0 spiro atoms. The van der Waals surface area contributed by atoms with Crippen molar-refractivity contribution in [3.8, 4) is 0 Å². The van der Waals surface area contributed by atoms with E-state index >= 15 is 0 Å². The second-order valence-electron chi connectivity index (χ2n) is 5.70. The van der Waals surface area contributed by atoms with Crippen molar-refractivity contribution in [1.82, 2.24) is 14.8 Å². The molecule has 0 atom stereocenters. The Bertz CT molecular complexity index is 1030. The average molecular weight is 410 g/mol. The standard InChI is InChI=1S/C16H13ClFN5O3S/c1-8-16(20-15(24)12-7-13(23(25)26)21-22(12)2)27-14(19-8)5-9-3-10(17)6-11(18)4-9/h3-4,6-7H,5H2,1-2H3,(H,20,24). The number of anilines is 1. The molecule has 0 fully saturated rings. The third kappa shape index (κ3) is 4.29. The zero-order chi connectivity index (χ0) is 19.7. The van der Waals surface area contributed by atoms with Gasteiger partial charge in [0.2, 0.25) is 0 Å². The van der Waals surface area contributed by atoms with Crippen LogP contribution < -0.4 is 5.32 Å². The minimum absolute atomic E-state index is 0.0490. The van der Waals surface area contributed by atoms with Crippen molar-refractivity contribution >= 4 is 39.7 Å². The van der Waals surface area contributed by atoms with Crippen LogP contribution in [-0.4, -0.2) is 25.6 Å². The summed E-state index contributed by atoms with van der Waals surface area (Å²) in [5, 5.41) is 18.6. The second-order valence-corrected chi connectivity index (χ2v) is 7.22. The normalized spacial score (nSPS) is 10.8. The number of rotatable bonds is 5. The van der Waals surface area contributed by atoms with E-state index in [1.54, 1.807) is 13.0 Å². The summed E-state index contributed by atoms with van der Waals surface area (Å²) in [6, 6.07) is 5.34. The summed E-state index contributed by atoms with van der Waals surface area (Å²) >= 11 is 7.09. The van der Waals surface area contributed by atoms with Crippen molar-refractivity contribution in [2.24, 2.45) is 7.05 Å². The van der Waals surface area contributed by atoms with Gasteiger partial charge in [-0.1, -0.05) is 11.6 Å². The summed E-state index contributed by atoms with van der Waals surface area (Å²) in [6.45, 7) is 1.72. The van der Waals surface area contributed by atoms with E-state index in [9.17, 15) is 19.3 Å². The quantitative estimate of drug-likeness (QED) is 0.511. The Labute approximate surface area is 161 Å². The molecule has 0 bridgehead atoms. The number of benzene rings is 1. The Hall–Kier alpha value is -2.85. The maximum atomic E-state index is 13.5. The number of amides is 1. The van der Waals surface area contributed by atoms with Crippen LogP contribution in [0, 0.1) is 22.9 Å². The van der Waals surface area contributed by atoms with Gasteiger partial charge in [-0.3, -0.25) is 4.79 Å². The Morgan fingerprint density at radius 2 is 2.15 bits per heavy atom. The molecule has 3 rings (SSSR count). The fraction of sp³-hybridized carbons (Fsp3) is 0.188. The van der Waals surface area contributed by atoms with Gasteiger partial charge in [0.25, 0.3) is 5.91 Å². The highest BCUT2D eigenvalue weighted by Crippen LogP contribution is 2.27. The van der Waals surface area contributed by atoms with Crippen molar-refractivity contribution in [2.75, 3.05) is 5.32 Å². The Balaban J connectivity index is 1.78. The molecule has 0 aliphatic carbocycles. The van der Waals surface area contributed by atoms with E-state index < -0.39 is 22.5 Å². The van der Waals surface area contributed by atoms with Gasteiger partial charge in [-0.15, -0.1) is 11.3 Å². The van der Waals surface area contributed by atoms with Gasteiger partial charge in [-0.05, 0) is 35.6 Å². The first-order valence-electron chi connectivity index (χ1n) is 7.64. The summed E-state index contributed by atoms with van der Waals surface area (Å²) in [5.74, 6) is -1.38. The first-order valence-corrected chi connectivity index (χ1v) is 8.83. The number of carbonyl (C=O) groups excluding carboxylic acids is 1. The average Bonchev–Trinajstić information content (AvgIpc) is 3.09. The second kappa shape index (κ2) is 7.41. The summed E-state index contributed by atoms with van der Waals surface area (Å²) in [7, 11) is 1.45. The molecular weight excluding hydrogens is 397 g/mol. The van der Waals surface area contributed by atoms with Gasteiger partial charge in [0, 0.05) is 11.4 Å². The number of aryl methyl sites for hydroxylation is 2. The van der Waals surface area contributed by atoms with Crippen LogP contribution in [0.1, 0.15) is 26.8 Å². The van der Waals surface area contributed by atoms with E-state index in [4.69, 9.17) is 11.6 Å². The molecule has 3 aromatic rings. The molecule has 2 heterocycles. The van der Waals surface area contributed by atoms with Gasteiger partial charge < -0.3 is 15.4 Å². The highest BCUT2D eigenvalue weighted by Gasteiger charge is 2.22. The minimum Gasteiger partial charge on any atom is -0.358 e. The van der Waals surface area contributed by atoms with E-state index in [1.807, 2.05) is 0 Å². The Morgan fingerprint density at radius 3 is 2.78 bits per heavy atom. The number of aromatic nitrogens is 3. The van der Waals surface area contributed by atoms with Crippen molar-refractivity contribution in [1.29, 1.82) is 0 Å². The first-order chi connectivity index (χ1) is 12.7. The van der Waals surface area contributed by atoms with Crippen LogP contribution in [0.5, 0.6) is 0 Å². The highest BCUT2D eigenvalue weighted by atomic mass is 35.5. The van der Waals surface area contributed by atoms with E-state index in [-0.39, 0.29) is 5.69 Å². The molecule has 1 amide bonds. The molecule has 27 heavy (non-hydrogen) atoms. The van der Waals surface area contributed by atoms with Gasteiger partial charge in [-0.2, -0.15) is 4.68 Å². The topological polar surface area (TPSA) is 103 Å². The van der Waals surface area contributed by atoms with Gasteiger partial charge in [-0.25, -0.2) is 9.37 Å². The number of carbonyl (C=O) groups is 1. The van der Waals surface area contributed by atoms with Crippen LogP contribution >= 0.6 is 22.9 Å². The molecule has 1 aromatic carbocycles. The zero-order valence-corrected chi connectivity index (χ0v) is 15.8. The molecule has 140 valence electrons. The van der Waals surface area contributed by atoms with Crippen LogP contribution in [0.4, 0.5) is 15.2 Å². The first kappa shape index (κ1) is 18.9. The lowest BCUT2D eigenvalue weighted by atomic mass is 10.1. The number of nitro groups is 1. The summed E-state index contributed by atoms with van der Waals surface area (Å²) < 4.78 is 14.6. The maximum absolute atomic E-state index is 13.5. The third-order valence-corrected chi connectivity index (χ3v) is 4.92. The molecule has 0 saturated carbocycles. The molecule has 0 unspecified atom stereocenters. The Morgan fingerprint density at radius 1 is 1.41 bits per heavy atom. The van der Waals surface area contributed by atoms with Crippen LogP contribution in [0.15, 0.2) is 24.3 Å². The van der Waals surface area contributed by atoms with E-state index in [0.717, 1.165) is 10.7 Å². The molecular formula is C16H13ClFN5O3S. The lowest BCUT2D eigenvalue weighted by molar-refractivity contribution is -0.389. The molecule has 11 heteroatoms. The molecule has 0 radical (unpaired) electrons. The number of thiazole rings is 1. The van der Waals surface area contributed by atoms with Crippen LogP contribution in [-0.2, 0) is 13.5 Å². The highest BCUT2D eigenvalue weighted by molar-refractivity contribution is 7.16. The van der Waals surface area contributed by atoms with Crippen molar-refractivity contribution in [3.63, 3.8) is 0 Å². The largest absolute Gasteiger partial charge is 0.390 e. The molecule has 0 aliphatic heterocycles. The summed E-state index contributed by atoms with van der Waals surface area (Å²) in [5.41, 5.74) is 1.30. The molecule has 8 nitrogen and oxygen atoms in total. The van der Waals surface area contributed by atoms with E-state index in [1.165, 1.54) is 30.5 Å². The van der Waals surface area contributed by atoms with E-state index in [2.05, 4.69) is 15.4 Å². The smallest absolute Gasteiger partial charge is 0.358 e. The Kier molecular flexibility index (Phi) is 5.19. The van der Waals surface area contributed by atoms with Gasteiger partial charge >= 0.3 is 5.82 Å². The minimum atomic E-state index is -0.670. The lowest BCUT2D eigenvalue weighted by Crippen LogP contribution is -2.15. The van der Waals surface area contributed by atoms with Crippen molar-refractivity contribution < 1.29 is 14.1 Å². The lowest BCUT2D eigenvalue weighted by Gasteiger charge is -2.01. The summed E-state index contributed by atoms with van der Waals surface area (Å²) in [6.07, 6.45) is 0.357. The van der Waals surface area contributed by atoms with Gasteiger partial charge in [0.05, 0.1) is 28.9 Å². The molecule has 0 aliphatic rings. The predicted molar refractivity (Wildman–Crippen MR) is 98.9 cm³/mol. The fourth-order valence-electron chi connectivity index (χ4n) is 2.45. The zero-order valence-electron chi connectivity index (χ0n) is 14.2. The number of hydrogen-bond acceptors (Lipinski definition) is 6. The van der Waals surface area contributed by atoms with Crippen LogP contribution in [0.25, 0.3) is 0 Å². The van der Waals surface area contributed by atoms with E-state index in [0.29, 0.717) is 32.7 Å². The summed E-state index contributed by atoms with van der Waals surface area (Å²) in [4.78, 5) is 26.9. The number of hydrogen-bond donors (Lipinski definition) is 1. The SMILES string of the molecule is Cc1nc(Cc2cc(F)cc(Cl)c2)sc1NC(=O)c1cc([N+](=O)[O-])nn1C. The number of nitrogens with one attached hydrogen (secondary N) is 1. The predicted octanol–water partition coefficient (Wildman–Crippen LogP) is 3.73. The number of nitrogens with zero attached hydrogens (tertiary/aromatic N) is 4. The fourth-order valence-corrected chi connectivity index (χ4v) is 3.69. The third-order valence-electron chi connectivity index (χ3n) is 3.63. The van der Waals surface area contributed by atoms with Crippen LogP contribution in [0.3, 0.4) is 0 Å². The van der Waals surface area contributed by atoms with Gasteiger partial charge in [0.1, 0.15) is 10.8 Å². The monoisotopic (exact) mass is 409 g/mol. The maximum Gasteiger partial charge on any atom is 0.390 e. The van der Waals surface area contributed by atoms with Crippen molar-refractivity contribution in [3.05, 3.63) is 67.2 Å². The molecule has 1 N–H and O–H groups in total. The van der Waals surface area contributed by atoms with Crippen LogP contribution in [0.2, 0.25) is 5.02 Å².